The first-order chi connectivity index (χ1) is 10.0. The number of benzene rings is 1. The van der Waals surface area contributed by atoms with Crippen molar-refractivity contribution in [3.63, 3.8) is 0 Å². The molecule has 4 nitrogen and oxygen atoms in total. The minimum atomic E-state index is 0.569. The zero-order chi connectivity index (χ0) is 15.7. The lowest BCUT2D eigenvalue weighted by molar-refractivity contribution is 0.196. The van der Waals surface area contributed by atoms with Crippen molar-refractivity contribution in [1.82, 2.24) is 4.90 Å². The van der Waals surface area contributed by atoms with Gasteiger partial charge in [-0.05, 0) is 30.2 Å². The summed E-state index contributed by atoms with van der Waals surface area (Å²) in [5, 5.41) is 0. The lowest BCUT2D eigenvalue weighted by Crippen LogP contribution is -2.34. The summed E-state index contributed by atoms with van der Waals surface area (Å²) in [7, 11) is 1.65. The number of nitrogens with two attached hydrogens (primary N) is 1. The van der Waals surface area contributed by atoms with Crippen molar-refractivity contribution >= 4 is 17.2 Å². The molecule has 5 heteroatoms. The fraction of sp³-hybridized carbons (Fsp3) is 0.562. The summed E-state index contributed by atoms with van der Waals surface area (Å²) >= 11 is 4.95. The molecule has 0 saturated heterocycles. The number of ether oxygens (including phenoxy) is 2. The maximum Gasteiger partial charge on any atom is 0.119 e. The zero-order valence-electron chi connectivity index (χ0n) is 13.2. The second-order valence-electron chi connectivity index (χ2n) is 5.43. The molecular weight excluding hydrogens is 284 g/mol. The molecule has 0 bridgehead atoms. The third-order valence-electron chi connectivity index (χ3n) is 3.03. The van der Waals surface area contributed by atoms with Crippen LogP contribution in [-0.2, 0) is 0 Å². The third kappa shape index (κ3) is 7.87. The Balaban J connectivity index is 2.38. The molecule has 118 valence electrons. The summed E-state index contributed by atoms with van der Waals surface area (Å²) in [6.45, 7) is 7.84. The van der Waals surface area contributed by atoms with Crippen LogP contribution in [0.15, 0.2) is 24.3 Å². The van der Waals surface area contributed by atoms with Gasteiger partial charge in [0.2, 0.25) is 0 Å². The standard InChI is InChI=1S/C16H26N2O2S/c1-13(2)12-18(9-8-16(17)21)10-11-20-15-6-4-14(19-3)5-7-15/h4-7,13H,8-12H2,1-3H3,(H2,17,21). The second kappa shape index (κ2) is 9.58. The van der Waals surface area contributed by atoms with Crippen molar-refractivity contribution in [3.8, 4) is 11.5 Å². The highest BCUT2D eigenvalue weighted by atomic mass is 32.1. The normalized spacial score (nSPS) is 10.9. The van der Waals surface area contributed by atoms with E-state index in [4.69, 9.17) is 27.4 Å². The van der Waals surface area contributed by atoms with E-state index in [2.05, 4.69) is 18.7 Å². The molecule has 1 rings (SSSR count). The van der Waals surface area contributed by atoms with Gasteiger partial charge in [0, 0.05) is 26.1 Å². The highest BCUT2D eigenvalue weighted by Gasteiger charge is 2.08. The van der Waals surface area contributed by atoms with Crippen molar-refractivity contribution in [2.75, 3.05) is 33.4 Å². The van der Waals surface area contributed by atoms with Crippen LogP contribution < -0.4 is 15.2 Å². The average Bonchev–Trinajstić information content (AvgIpc) is 2.44. The van der Waals surface area contributed by atoms with Crippen molar-refractivity contribution in [2.24, 2.45) is 11.7 Å². The van der Waals surface area contributed by atoms with Gasteiger partial charge in [0.1, 0.15) is 18.1 Å². The van der Waals surface area contributed by atoms with E-state index in [1.165, 1.54) is 0 Å². The molecule has 0 spiro atoms. The highest BCUT2D eigenvalue weighted by Crippen LogP contribution is 2.16. The van der Waals surface area contributed by atoms with Crippen LogP contribution in [0.3, 0.4) is 0 Å². The Morgan fingerprint density at radius 2 is 1.81 bits per heavy atom. The zero-order valence-corrected chi connectivity index (χ0v) is 14.0. The van der Waals surface area contributed by atoms with Crippen molar-refractivity contribution in [1.29, 1.82) is 0 Å². The SMILES string of the molecule is COc1ccc(OCCN(CCC(N)=S)CC(C)C)cc1. The van der Waals surface area contributed by atoms with Crippen molar-refractivity contribution < 1.29 is 9.47 Å². The summed E-state index contributed by atoms with van der Waals surface area (Å²) in [5.74, 6) is 2.30. The predicted molar refractivity (Wildman–Crippen MR) is 91.2 cm³/mol. The van der Waals surface area contributed by atoms with Gasteiger partial charge in [-0.3, -0.25) is 4.90 Å². The van der Waals surface area contributed by atoms with E-state index >= 15 is 0 Å². The number of rotatable bonds is 10. The van der Waals surface area contributed by atoms with Gasteiger partial charge in [0.05, 0.1) is 12.1 Å². The Morgan fingerprint density at radius 3 is 2.33 bits per heavy atom. The van der Waals surface area contributed by atoms with E-state index < -0.39 is 0 Å². The number of hydrogen-bond acceptors (Lipinski definition) is 4. The topological polar surface area (TPSA) is 47.7 Å². The molecule has 0 aliphatic carbocycles. The Labute approximate surface area is 133 Å². The minimum absolute atomic E-state index is 0.569. The molecular formula is C16H26N2O2S. The molecule has 0 aliphatic rings. The van der Waals surface area contributed by atoms with E-state index in [1.54, 1.807) is 7.11 Å². The molecule has 1 aromatic carbocycles. The Kier molecular flexibility index (Phi) is 8.08. The molecule has 0 saturated carbocycles. The van der Waals surface area contributed by atoms with Gasteiger partial charge in [-0.25, -0.2) is 0 Å². The Morgan fingerprint density at radius 1 is 1.19 bits per heavy atom. The molecule has 21 heavy (non-hydrogen) atoms. The van der Waals surface area contributed by atoms with Gasteiger partial charge in [0.25, 0.3) is 0 Å². The first-order valence-electron chi connectivity index (χ1n) is 7.28. The first-order valence-corrected chi connectivity index (χ1v) is 7.69. The van der Waals surface area contributed by atoms with Gasteiger partial charge in [-0.1, -0.05) is 26.1 Å². The number of thiocarbonyl (C=S) groups is 1. The van der Waals surface area contributed by atoms with E-state index in [-0.39, 0.29) is 0 Å². The average molecular weight is 310 g/mol. The molecule has 1 aromatic rings. The highest BCUT2D eigenvalue weighted by molar-refractivity contribution is 7.80. The molecule has 0 amide bonds. The third-order valence-corrected chi connectivity index (χ3v) is 3.24. The molecule has 0 radical (unpaired) electrons. The molecule has 0 unspecified atom stereocenters. The first kappa shape index (κ1) is 17.7. The molecule has 0 fully saturated rings. The number of nitrogens with zero attached hydrogens (tertiary/aromatic N) is 1. The Hall–Kier alpha value is -1.33. The lowest BCUT2D eigenvalue weighted by Gasteiger charge is -2.24. The summed E-state index contributed by atoms with van der Waals surface area (Å²) in [6.07, 6.45) is 0.755. The minimum Gasteiger partial charge on any atom is -0.497 e. The van der Waals surface area contributed by atoms with Crippen LogP contribution in [0.5, 0.6) is 11.5 Å². The Bertz CT molecular complexity index is 421. The van der Waals surface area contributed by atoms with Crippen LogP contribution in [-0.4, -0.2) is 43.2 Å². The van der Waals surface area contributed by atoms with Gasteiger partial charge in [0.15, 0.2) is 0 Å². The predicted octanol–water partition coefficient (Wildman–Crippen LogP) is 2.71. The summed E-state index contributed by atoms with van der Waals surface area (Å²) in [4.78, 5) is 2.91. The van der Waals surface area contributed by atoms with Crippen molar-refractivity contribution in [2.45, 2.75) is 20.3 Å². The molecule has 0 heterocycles. The van der Waals surface area contributed by atoms with E-state index in [9.17, 15) is 0 Å². The van der Waals surface area contributed by atoms with Crippen LogP contribution in [0.25, 0.3) is 0 Å². The fourth-order valence-corrected chi connectivity index (χ4v) is 2.13. The van der Waals surface area contributed by atoms with Gasteiger partial charge >= 0.3 is 0 Å². The van der Waals surface area contributed by atoms with E-state index in [0.717, 1.165) is 37.6 Å². The number of methoxy groups -OCH3 is 1. The molecule has 0 atom stereocenters. The summed E-state index contributed by atoms with van der Waals surface area (Å²) in [6, 6.07) is 7.63. The molecule has 0 aromatic heterocycles. The van der Waals surface area contributed by atoms with Crippen LogP contribution in [0.4, 0.5) is 0 Å². The maximum absolute atomic E-state index is 5.76. The van der Waals surface area contributed by atoms with Crippen LogP contribution >= 0.6 is 12.2 Å². The molecule has 2 N–H and O–H groups in total. The van der Waals surface area contributed by atoms with Gasteiger partial charge < -0.3 is 15.2 Å². The maximum atomic E-state index is 5.76. The molecule has 0 aliphatic heterocycles. The van der Waals surface area contributed by atoms with Gasteiger partial charge in [-0.2, -0.15) is 0 Å². The summed E-state index contributed by atoms with van der Waals surface area (Å²) < 4.78 is 10.9. The largest absolute Gasteiger partial charge is 0.497 e. The smallest absolute Gasteiger partial charge is 0.119 e. The van der Waals surface area contributed by atoms with Crippen LogP contribution in [0.1, 0.15) is 20.3 Å². The fourth-order valence-electron chi connectivity index (χ4n) is 2.04. The quantitative estimate of drug-likeness (QED) is 0.673. The van der Waals surface area contributed by atoms with E-state index in [0.29, 0.717) is 17.5 Å². The van der Waals surface area contributed by atoms with Crippen LogP contribution in [0, 0.1) is 5.92 Å². The summed E-state index contributed by atoms with van der Waals surface area (Å²) in [5.41, 5.74) is 5.58. The number of hydrogen-bond donors (Lipinski definition) is 1. The van der Waals surface area contributed by atoms with Gasteiger partial charge in [-0.15, -0.1) is 0 Å². The monoisotopic (exact) mass is 310 g/mol. The van der Waals surface area contributed by atoms with Crippen molar-refractivity contribution in [3.05, 3.63) is 24.3 Å². The van der Waals surface area contributed by atoms with Crippen LogP contribution in [0.2, 0.25) is 0 Å². The van der Waals surface area contributed by atoms with E-state index in [1.807, 2.05) is 24.3 Å². The second-order valence-corrected chi connectivity index (χ2v) is 5.96. The lowest BCUT2D eigenvalue weighted by atomic mass is 10.2.